The van der Waals surface area contributed by atoms with E-state index in [1.165, 1.54) is 4.90 Å². The Morgan fingerprint density at radius 3 is 2.13 bits per heavy atom. The Bertz CT molecular complexity index is 1760. The average molecular weight is 745 g/mol. The molecule has 280 valence electrons. The van der Waals surface area contributed by atoms with Crippen molar-refractivity contribution in [3.63, 3.8) is 0 Å². The molecule has 4 aromatic rings. The van der Waals surface area contributed by atoms with Gasteiger partial charge < -0.3 is 29.1 Å². The molecule has 4 heterocycles. The Morgan fingerprint density at radius 1 is 0.923 bits per heavy atom. The van der Waals surface area contributed by atoms with Crippen LogP contribution in [-0.2, 0) is 14.2 Å². The molecule has 0 unspecified atom stereocenters. The van der Waals surface area contributed by atoms with E-state index in [-0.39, 0.29) is 5.92 Å². The van der Waals surface area contributed by atoms with E-state index in [9.17, 15) is 9.90 Å². The van der Waals surface area contributed by atoms with Crippen LogP contribution in [0, 0.1) is 0 Å². The maximum Gasteiger partial charge on any atom is 0.407 e. The smallest absolute Gasteiger partial charge is 0.407 e. The summed E-state index contributed by atoms with van der Waals surface area (Å²) in [5, 5.41) is 14.7. The second-order valence-corrected chi connectivity index (χ2v) is 27.1. The van der Waals surface area contributed by atoms with Gasteiger partial charge in [0.05, 0.1) is 30.5 Å². The number of rotatable bonds is 17. The van der Waals surface area contributed by atoms with Gasteiger partial charge in [-0.1, -0.05) is 75.7 Å². The van der Waals surface area contributed by atoms with Crippen molar-refractivity contribution in [3.05, 3.63) is 72.4 Å². The molecule has 0 radical (unpaired) electrons. The van der Waals surface area contributed by atoms with E-state index in [2.05, 4.69) is 62.4 Å². The fourth-order valence-electron chi connectivity index (χ4n) is 6.14. The van der Waals surface area contributed by atoms with Crippen LogP contribution in [0.15, 0.2) is 61.1 Å². The fraction of sp³-hybridized carbons (Fsp3) is 0.487. The van der Waals surface area contributed by atoms with Crippen molar-refractivity contribution in [1.29, 1.82) is 0 Å². The minimum absolute atomic E-state index is 0.0180. The molecule has 1 aliphatic heterocycles. The molecule has 11 nitrogen and oxygen atoms in total. The average Bonchev–Trinajstić information content (AvgIpc) is 3.54. The summed E-state index contributed by atoms with van der Waals surface area (Å²) in [6.45, 7) is 19.4. The molecule has 13 heteroatoms. The van der Waals surface area contributed by atoms with Crippen LogP contribution in [0.2, 0.25) is 51.4 Å². The zero-order valence-electron chi connectivity index (χ0n) is 32.0. The predicted molar refractivity (Wildman–Crippen MR) is 214 cm³/mol. The van der Waals surface area contributed by atoms with Gasteiger partial charge in [0.1, 0.15) is 19.3 Å². The second kappa shape index (κ2) is 17.6. The Labute approximate surface area is 310 Å². The summed E-state index contributed by atoms with van der Waals surface area (Å²) in [5.74, 6) is 0.821. The SMILES string of the molecule is CCOC=Cc1c(C2CCN(C(=O)O)CC2)nc2c(-c3ccc(-c4ccccc4)nc3)cnn2c1N(COCC[Si](C)(C)C)COCC[Si](C)(C)C. The number of piperidine rings is 1. The number of pyridine rings is 1. The minimum Gasteiger partial charge on any atom is -0.501 e. The van der Waals surface area contributed by atoms with Gasteiger partial charge in [0, 0.05) is 76.8 Å². The third kappa shape index (κ3) is 10.5. The molecule has 52 heavy (non-hydrogen) atoms. The molecule has 1 amide bonds. The number of nitrogens with zero attached hydrogens (tertiary/aromatic N) is 6. The summed E-state index contributed by atoms with van der Waals surface area (Å²) in [7, 11) is -2.64. The number of amides is 1. The van der Waals surface area contributed by atoms with Crippen LogP contribution in [0.5, 0.6) is 0 Å². The predicted octanol–water partition coefficient (Wildman–Crippen LogP) is 8.75. The van der Waals surface area contributed by atoms with E-state index in [0.29, 0.717) is 64.9 Å². The number of benzene rings is 1. The molecule has 1 N–H and O–H groups in total. The second-order valence-electron chi connectivity index (χ2n) is 15.9. The van der Waals surface area contributed by atoms with Crippen molar-refractivity contribution in [1.82, 2.24) is 24.5 Å². The number of hydrogen-bond donors (Lipinski definition) is 1. The monoisotopic (exact) mass is 744 g/mol. The molecule has 1 aliphatic rings. The lowest BCUT2D eigenvalue weighted by Gasteiger charge is -2.32. The first-order valence-electron chi connectivity index (χ1n) is 18.4. The first kappa shape index (κ1) is 39.2. The Balaban J connectivity index is 1.64. The highest BCUT2D eigenvalue weighted by molar-refractivity contribution is 6.76. The van der Waals surface area contributed by atoms with Crippen molar-refractivity contribution in [2.75, 3.05) is 51.3 Å². The van der Waals surface area contributed by atoms with E-state index in [1.54, 1.807) is 6.26 Å². The number of fused-ring (bicyclic) bond motifs is 1. The van der Waals surface area contributed by atoms with Gasteiger partial charge >= 0.3 is 6.09 Å². The lowest BCUT2D eigenvalue weighted by atomic mass is 9.90. The molecular formula is C39H56N6O5Si2. The molecule has 1 saturated heterocycles. The van der Waals surface area contributed by atoms with Gasteiger partial charge in [0.25, 0.3) is 0 Å². The van der Waals surface area contributed by atoms with E-state index >= 15 is 0 Å². The van der Waals surface area contributed by atoms with Gasteiger partial charge in [-0.2, -0.15) is 9.61 Å². The van der Waals surface area contributed by atoms with Gasteiger partial charge in [-0.3, -0.25) is 4.98 Å². The number of likely N-dealkylation sites (tertiary alicyclic amines) is 1. The van der Waals surface area contributed by atoms with Crippen LogP contribution < -0.4 is 4.90 Å². The normalized spacial score (nSPS) is 14.4. The quantitative estimate of drug-likeness (QED) is 0.0491. The highest BCUT2D eigenvalue weighted by Gasteiger charge is 2.30. The van der Waals surface area contributed by atoms with Crippen LogP contribution >= 0.6 is 0 Å². The van der Waals surface area contributed by atoms with Crippen molar-refractivity contribution >= 4 is 39.8 Å². The lowest BCUT2D eigenvalue weighted by Crippen LogP contribution is -2.37. The molecule has 0 atom stereocenters. The van der Waals surface area contributed by atoms with E-state index < -0.39 is 22.2 Å². The maximum atomic E-state index is 11.8. The zero-order valence-corrected chi connectivity index (χ0v) is 34.0. The van der Waals surface area contributed by atoms with Crippen molar-refractivity contribution in [2.45, 2.75) is 77.1 Å². The third-order valence-corrected chi connectivity index (χ3v) is 12.7. The number of aromatic nitrogens is 4. The van der Waals surface area contributed by atoms with Crippen LogP contribution in [0.3, 0.4) is 0 Å². The van der Waals surface area contributed by atoms with Crippen molar-refractivity contribution in [3.8, 4) is 22.4 Å². The minimum atomic E-state index is -1.32. The highest BCUT2D eigenvalue weighted by Crippen LogP contribution is 2.38. The van der Waals surface area contributed by atoms with E-state index in [1.807, 2.05) is 54.2 Å². The molecule has 0 bridgehead atoms. The first-order valence-corrected chi connectivity index (χ1v) is 25.9. The summed E-state index contributed by atoms with van der Waals surface area (Å²) in [6, 6.07) is 16.3. The zero-order chi connectivity index (χ0) is 37.3. The summed E-state index contributed by atoms with van der Waals surface area (Å²) >= 11 is 0. The molecule has 1 fully saturated rings. The molecule has 1 aromatic carbocycles. The molecule has 3 aromatic heterocycles. The van der Waals surface area contributed by atoms with Crippen LogP contribution in [-0.4, -0.2) is 98.2 Å². The highest BCUT2D eigenvalue weighted by atomic mass is 28.3. The Morgan fingerprint density at radius 2 is 1.58 bits per heavy atom. The van der Waals surface area contributed by atoms with Crippen LogP contribution in [0.25, 0.3) is 34.1 Å². The molecule has 0 saturated carbocycles. The van der Waals surface area contributed by atoms with Crippen LogP contribution in [0.4, 0.5) is 10.6 Å². The topological polar surface area (TPSA) is 115 Å². The Kier molecular flexibility index (Phi) is 13.3. The molecule has 5 rings (SSSR count). The van der Waals surface area contributed by atoms with Gasteiger partial charge in [0.15, 0.2) is 5.65 Å². The van der Waals surface area contributed by atoms with E-state index in [4.69, 9.17) is 29.3 Å². The Hall–Kier alpha value is -4.05. The lowest BCUT2D eigenvalue weighted by molar-refractivity contribution is 0.0941. The first-order chi connectivity index (χ1) is 24.8. The number of ether oxygens (including phenoxy) is 3. The third-order valence-electron chi connectivity index (χ3n) is 9.27. The van der Waals surface area contributed by atoms with Crippen molar-refractivity contribution < 1.29 is 24.1 Å². The molecule has 0 spiro atoms. The van der Waals surface area contributed by atoms with Gasteiger partial charge in [-0.05, 0) is 44.0 Å². The number of anilines is 1. The number of carbonyl (C=O) groups is 1. The summed E-state index contributed by atoms with van der Waals surface area (Å²) < 4.78 is 20.5. The molecule has 0 aliphatic carbocycles. The molecular weight excluding hydrogens is 689 g/mol. The fourth-order valence-corrected chi connectivity index (χ4v) is 7.66. The number of hydrogen-bond acceptors (Lipinski definition) is 8. The van der Waals surface area contributed by atoms with Crippen LogP contribution in [0.1, 0.15) is 36.9 Å². The largest absolute Gasteiger partial charge is 0.501 e. The summed E-state index contributed by atoms with van der Waals surface area (Å²) in [4.78, 5) is 25.6. The van der Waals surface area contributed by atoms with Gasteiger partial charge in [-0.15, -0.1) is 0 Å². The van der Waals surface area contributed by atoms with Gasteiger partial charge in [-0.25, -0.2) is 9.78 Å². The standard InChI is InChI=1S/C39H56N6O5Si2/c1-8-48-21-18-33-36(31-16-19-43(20-17-31)39(46)47)42-37-34(32-14-15-35(40-26-32)30-12-10-9-11-13-30)27-41-45(37)38(33)44(28-49-22-24-51(2,3)4)29-50-23-25-52(5,6)7/h9-15,18,21,26-27,31H,8,16-17,19-20,22-25,28-29H2,1-7H3,(H,46,47). The number of carboxylic acid groups (broad SMARTS) is 1. The summed E-state index contributed by atoms with van der Waals surface area (Å²) in [6.07, 6.45) is 7.84. The summed E-state index contributed by atoms with van der Waals surface area (Å²) in [5.41, 5.74) is 6.15. The van der Waals surface area contributed by atoms with E-state index in [0.717, 1.165) is 51.5 Å². The maximum absolute atomic E-state index is 11.8. The van der Waals surface area contributed by atoms with Crippen molar-refractivity contribution in [2.24, 2.45) is 0 Å². The van der Waals surface area contributed by atoms with Gasteiger partial charge in [0.2, 0.25) is 0 Å².